The van der Waals surface area contributed by atoms with Crippen LogP contribution in [0.5, 0.6) is 0 Å². The Bertz CT molecular complexity index is 536. The molecule has 0 aliphatic carbocycles. The molecule has 0 bridgehead atoms. The average Bonchev–Trinajstić information content (AvgIpc) is 2.74. The molecular weight excluding hydrogens is 348 g/mol. The van der Waals surface area contributed by atoms with Gasteiger partial charge in [0.2, 0.25) is 5.79 Å². The number of hydrogen-bond donors (Lipinski definition) is 0. The van der Waals surface area contributed by atoms with Crippen molar-refractivity contribution in [1.29, 1.82) is 0 Å². The molecule has 0 saturated heterocycles. The van der Waals surface area contributed by atoms with Crippen molar-refractivity contribution in [3.05, 3.63) is 48.0 Å². The molecule has 0 spiro atoms. The van der Waals surface area contributed by atoms with Crippen molar-refractivity contribution >= 4 is 0 Å². The van der Waals surface area contributed by atoms with E-state index in [1.165, 1.54) is 32.1 Å². The van der Waals surface area contributed by atoms with Crippen molar-refractivity contribution < 1.29 is 14.2 Å². The largest absolute Gasteiger partial charge is 0.372 e. The minimum Gasteiger partial charge on any atom is -0.372 e. The third kappa shape index (κ3) is 5.46. The molecule has 1 aromatic carbocycles. The van der Waals surface area contributed by atoms with Gasteiger partial charge in [-0.3, -0.25) is 0 Å². The van der Waals surface area contributed by atoms with Gasteiger partial charge in [-0.2, -0.15) is 0 Å². The third-order valence-electron chi connectivity index (χ3n) is 5.91. The maximum atomic E-state index is 6.37. The van der Waals surface area contributed by atoms with Crippen molar-refractivity contribution in [3.63, 3.8) is 0 Å². The van der Waals surface area contributed by atoms with Gasteiger partial charge in [0.25, 0.3) is 0 Å². The Hall–Kier alpha value is -1.16. The molecule has 2 atom stereocenters. The summed E-state index contributed by atoms with van der Waals surface area (Å²) in [6.45, 7) is 6.54. The van der Waals surface area contributed by atoms with E-state index in [9.17, 15) is 0 Å². The van der Waals surface area contributed by atoms with Crippen LogP contribution in [0.3, 0.4) is 0 Å². The van der Waals surface area contributed by atoms with Gasteiger partial charge in [-0.15, -0.1) is 0 Å². The van der Waals surface area contributed by atoms with Crippen LogP contribution in [-0.4, -0.2) is 26.9 Å². The summed E-state index contributed by atoms with van der Waals surface area (Å²) in [4.78, 5) is 0. The first-order valence-corrected chi connectivity index (χ1v) is 11.0. The summed E-state index contributed by atoms with van der Waals surface area (Å²) in [5.41, 5.74) is 0.389. The number of ether oxygens (including phenoxy) is 3. The lowest BCUT2D eigenvalue weighted by atomic mass is 9.71. The van der Waals surface area contributed by atoms with Gasteiger partial charge in [-0.1, -0.05) is 94.9 Å². The maximum absolute atomic E-state index is 6.37. The molecule has 0 saturated carbocycles. The Kier molecular flexibility index (Phi) is 11.7. The molecule has 1 rings (SSSR count). The van der Waals surface area contributed by atoms with Crippen LogP contribution >= 0.6 is 0 Å². The fourth-order valence-corrected chi connectivity index (χ4v) is 4.60. The summed E-state index contributed by atoms with van der Waals surface area (Å²) in [5, 5.41) is 0. The minimum absolute atomic E-state index is 0.198. The molecule has 0 aliphatic rings. The molecule has 0 aromatic heterocycles. The van der Waals surface area contributed by atoms with Crippen LogP contribution < -0.4 is 0 Å². The van der Waals surface area contributed by atoms with Crippen LogP contribution in [0.25, 0.3) is 0 Å². The molecule has 0 radical (unpaired) electrons. The Morgan fingerprint density at radius 3 is 2.00 bits per heavy atom. The Morgan fingerprint density at radius 1 is 0.857 bits per heavy atom. The zero-order valence-corrected chi connectivity index (χ0v) is 19.0. The summed E-state index contributed by atoms with van der Waals surface area (Å²) in [7, 11) is 5.26. The predicted molar refractivity (Wildman–Crippen MR) is 118 cm³/mol. The Balaban J connectivity index is 3.37. The van der Waals surface area contributed by atoms with Crippen LogP contribution in [0.2, 0.25) is 0 Å². The third-order valence-corrected chi connectivity index (χ3v) is 5.91. The standard InChI is InChI=1S/C25H42O3/c1-7-10-11-12-14-18-22(17-8-2)24(26-4,21-9-3)25(27-5,28-6)23-19-15-13-16-20-23/h8,13,15-17,19-20,22H,7,9-12,14,18,21H2,1-6H3. The van der Waals surface area contributed by atoms with Crippen LogP contribution in [-0.2, 0) is 20.0 Å². The van der Waals surface area contributed by atoms with E-state index in [0.29, 0.717) is 0 Å². The quantitative estimate of drug-likeness (QED) is 0.186. The molecule has 0 fully saturated rings. The second-order valence-corrected chi connectivity index (χ2v) is 7.57. The topological polar surface area (TPSA) is 27.7 Å². The smallest absolute Gasteiger partial charge is 0.225 e. The normalized spacial score (nSPS) is 15.6. The van der Waals surface area contributed by atoms with Crippen LogP contribution in [0.15, 0.2) is 42.5 Å². The lowest BCUT2D eigenvalue weighted by Crippen LogP contribution is -2.59. The Morgan fingerprint density at radius 2 is 1.50 bits per heavy atom. The second kappa shape index (κ2) is 13.1. The monoisotopic (exact) mass is 390 g/mol. The molecule has 160 valence electrons. The number of unbranched alkanes of at least 4 members (excludes halogenated alkanes) is 4. The van der Waals surface area contributed by atoms with Gasteiger partial charge < -0.3 is 14.2 Å². The molecular formula is C25H42O3. The van der Waals surface area contributed by atoms with Crippen LogP contribution in [0.4, 0.5) is 0 Å². The first-order chi connectivity index (χ1) is 13.6. The van der Waals surface area contributed by atoms with Gasteiger partial charge in [0.1, 0.15) is 5.60 Å². The van der Waals surface area contributed by atoms with Gasteiger partial charge in [0.05, 0.1) is 0 Å². The van der Waals surface area contributed by atoms with E-state index in [2.05, 4.69) is 45.1 Å². The lowest BCUT2D eigenvalue weighted by Gasteiger charge is -2.51. The van der Waals surface area contributed by atoms with Gasteiger partial charge >= 0.3 is 0 Å². The summed E-state index contributed by atoms with van der Waals surface area (Å²) < 4.78 is 18.7. The van der Waals surface area contributed by atoms with Crippen molar-refractivity contribution in [3.8, 4) is 0 Å². The SMILES string of the molecule is CC=CC(CCCCCCC)C(CCC)(OC)C(OC)(OC)c1ccccc1. The van der Waals surface area contributed by atoms with E-state index in [0.717, 1.165) is 24.8 Å². The van der Waals surface area contributed by atoms with E-state index in [1.807, 2.05) is 18.2 Å². The first-order valence-electron chi connectivity index (χ1n) is 11.0. The first kappa shape index (κ1) is 24.9. The highest BCUT2D eigenvalue weighted by Gasteiger charge is 2.57. The predicted octanol–water partition coefficient (Wildman–Crippen LogP) is 6.87. The molecule has 0 N–H and O–H groups in total. The zero-order valence-electron chi connectivity index (χ0n) is 19.0. The highest BCUT2D eigenvalue weighted by atomic mass is 16.7. The minimum atomic E-state index is -0.966. The summed E-state index contributed by atoms with van der Waals surface area (Å²) in [6, 6.07) is 10.2. The van der Waals surface area contributed by atoms with Crippen molar-refractivity contribution in [1.82, 2.24) is 0 Å². The zero-order chi connectivity index (χ0) is 20.9. The van der Waals surface area contributed by atoms with Crippen LogP contribution in [0, 0.1) is 5.92 Å². The van der Waals surface area contributed by atoms with Gasteiger partial charge in [0.15, 0.2) is 0 Å². The molecule has 0 aliphatic heterocycles. The molecule has 1 aromatic rings. The van der Waals surface area contributed by atoms with E-state index in [4.69, 9.17) is 14.2 Å². The van der Waals surface area contributed by atoms with Crippen LogP contribution in [0.1, 0.15) is 77.7 Å². The second-order valence-electron chi connectivity index (χ2n) is 7.57. The Labute approximate surface area is 173 Å². The van der Waals surface area contributed by atoms with E-state index in [1.54, 1.807) is 21.3 Å². The van der Waals surface area contributed by atoms with Gasteiger partial charge in [-0.25, -0.2) is 0 Å². The van der Waals surface area contributed by atoms with E-state index >= 15 is 0 Å². The average molecular weight is 391 g/mol. The fraction of sp³-hybridized carbons (Fsp3) is 0.680. The van der Waals surface area contributed by atoms with E-state index in [-0.39, 0.29) is 5.92 Å². The highest BCUT2D eigenvalue weighted by molar-refractivity contribution is 5.26. The number of benzene rings is 1. The van der Waals surface area contributed by atoms with Gasteiger partial charge in [0, 0.05) is 32.8 Å². The number of methoxy groups -OCH3 is 3. The lowest BCUT2D eigenvalue weighted by molar-refractivity contribution is -0.332. The summed E-state index contributed by atoms with van der Waals surface area (Å²) >= 11 is 0. The molecule has 0 amide bonds. The molecule has 28 heavy (non-hydrogen) atoms. The van der Waals surface area contributed by atoms with Crippen molar-refractivity contribution in [2.45, 2.75) is 83.5 Å². The molecule has 0 heterocycles. The maximum Gasteiger partial charge on any atom is 0.225 e. The summed E-state index contributed by atoms with van der Waals surface area (Å²) in [6.07, 6.45) is 13.6. The summed E-state index contributed by atoms with van der Waals surface area (Å²) in [5.74, 6) is -0.767. The highest BCUT2D eigenvalue weighted by Crippen LogP contribution is 2.49. The van der Waals surface area contributed by atoms with Gasteiger partial charge in [-0.05, 0) is 19.8 Å². The molecule has 3 nitrogen and oxygen atoms in total. The van der Waals surface area contributed by atoms with Crippen molar-refractivity contribution in [2.24, 2.45) is 5.92 Å². The number of allylic oxidation sites excluding steroid dienone is 1. The number of rotatable bonds is 15. The molecule has 3 heteroatoms. The van der Waals surface area contributed by atoms with E-state index < -0.39 is 11.4 Å². The number of hydrogen-bond acceptors (Lipinski definition) is 3. The fourth-order valence-electron chi connectivity index (χ4n) is 4.60. The van der Waals surface area contributed by atoms with Crippen molar-refractivity contribution in [2.75, 3.05) is 21.3 Å². The molecule has 2 unspecified atom stereocenters.